The van der Waals surface area contributed by atoms with Crippen molar-refractivity contribution in [2.75, 3.05) is 19.6 Å². The van der Waals surface area contributed by atoms with Gasteiger partial charge in [-0.15, -0.1) is 0 Å². The standard InChI is InChI=1S/C16H20N2O3S/c19-14(12-5-9-22-11-12)10-17-13-3-6-18(7-4-13)16(20)15-2-1-8-21-15/h1-2,5,8-9,11,13-14,17,19H,3-4,6-7,10H2. The number of likely N-dealkylation sites (tertiary alicyclic amines) is 1. The topological polar surface area (TPSA) is 65.7 Å². The smallest absolute Gasteiger partial charge is 0.289 e. The second-order valence-electron chi connectivity index (χ2n) is 5.52. The molecule has 1 saturated heterocycles. The van der Waals surface area contributed by atoms with Crippen LogP contribution in [0.3, 0.4) is 0 Å². The molecule has 5 nitrogen and oxygen atoms in total. The number of amides is 1. The molecule has 2 N–H and O–H groups in total. The van der Waals surface area contributed by atoms with E-state index >= 15 is 0 Å². The first kappa shape index (κ1) is 15.3. The third-order valence-corrected chi connectivity index (χ3v) is 4.74. The second-order valence-corrected chi connectivity index (χ2v) is 6.30. The summed E-state index contributed by atoms with van der Waals surface area (Å²) in [4.78, 5) is 14.0. The maximum Gasteiger partial charge on any atom is 0.289 e. The molecule has 1 unspecified atom stereocenters. The summed E-state index contributed by atoms with van der Waals surface area (Å²) in [6.45, 7) is 1.98. The molecular weight excluding hydrogens is 300 g/mol. The van der Waals surface area contributed by atoms with Gasteiger partial charge < -0.3 is 19.7 Å². The Morgan fingerprint density at radius 1 is 1.45 bits per heavy atom. The van der Waals surface area contributed by atoms with Crippen LogP contribution >= 0.6 is 11.3 Å². The molecule has 1 atom stereocenters. The summed E-state index contributed by atoms with van der Waals surface area (Å²) >= 11 is 1.59. The summed E-state index contributed by atoms with van der Waals surface area (Å²) in [6, 6.07) is 5.72. The lowest BCUT2D eigenvalue weighted by Gasteiger charge is -2.32. The van der Waals surface area contributed by atoms with E-state index in [1.54, 1.807) is 23.5 Å². The third kappa shape index (κ3) is 3.58. The van der Waals surface area contributed by atoms with Gasteiger partial charge in [0.15, 0.2) is 5.76 Å². The van der Waals surface area contributed by atoms with Gasteiger partial charge in [-0.05, 0) is 47.4 Å². The monoisotopic (exact) mass is 320 g/mol. The van der Waals surface area contributed by atoms with Crippen molar-refractivity contribution in [3.63, 3.8) is 0 Å². The zero-order valence-corrected chi connectivity index (χ0v) is 13.1. The Bertz CT molecular complexity index is 575. The Balaban J connectivity index is 1.43. The average Bonchev–Trinajstić information content (AvgIpc) is 3.25. The van der Waals surface area contributed by atoms with Crippen molar-refractivity contribution in [1.29, 1.82) is 0 Å². The van der Waals surface area contributed by atoms with Gasteiger partial charge in [-0.1, -0.05) is 0 Å². The molecule has 2 aromatic heterocycles. The maximum absolute atomic E-state index is 12.2. The number of piperidine rings is 1. The van der Waals surface area contributed by atoms with E-state index in [0.717, 1.165) is 18.4 Å². The molecule has 0 spiro atoms. The molecule has 118 valence electrons. The Labute approximate surface area is 133 Å². The molecule has 0 aliphatic carbocycles. The molecule has 1 fully saturated rings. The molecule has 0 bridgehead atoms. The second kappa shape index (κ2) is 7.09. The molecule has 1 aliphatic heterocycles. The van der Waals surface area contributed by atoms with Gasteiger partial charge in [-0.3, -0.25) is 4.79 Å². The number of furan rings is 1. The number of hydrogen-bond acceptors (Lipinski definition) is 5. The summed E-state index contributed by atoms with van der Waals surface area (Å²) in [6.07, 6.45) is 2.84. The Morgan fingerprint density at radius 3 is 2.91 bits per heavy atom. The van der Waals surface area contributed by atoms with E-state index in [9.17, 15) is 9.90 Å². The van der Waals surface area contributed by atoms with Crippen molar-refractivity contribution in [2.45, 2.75) is 25.0 Å². The van der Waals surface area contributed by atoms with Crippen molar-refractivity contribution in [3.8, 4) is 0 Å². The molecule has 0 radical (unpaired) electrons. The fraction of sp³-hybridized carbons (Fsp3) is 0.438. The molecule has 0 saturated carbocycles. The molecule has 2 aromatic rings. The summed E-state index contributed by atoms with van der Waals surface area (Å²) in [5.74, 6) is 0.362. The van der Waals surface area contributed by atoms with E-state index in [2.05, 4.69) is 5.32 Å². The number of aliphatic hydroxyl groups is 1. The number of carbonyl (C=O) groups excluding carboxylic acids is 1. The van der Waals surface area contributed by atoms with Crippen LogP contribution in [0, 0.1) is 0 Å². The quantitative estimate of drug-likeness (QED) is 0.887. The number of nitrogens with zero attached hydrogens (tertiary/aromatic N) is 1. The summed E-state index contributed by atoms with van der Waals surface area (Å²) < 4.78 is 5.16. The Morgan fingerprint density at radius 2 is 2.27 bits per heavy atom. The SMILES string of the molecule is O=C(c1ccco1)N1CCC(NCC(O)c2ccsc2)CC1. The van der Waals surface area contributed by atoms with Crippen LogP contribution in [0.25, 0.3) is 0 Å². The number of aliphatic hydroxyl groups excluding tert-OH is 1. The lowest BCUT2D eigenvalue weighted by atomic mass is 10.0. The van der Waals surface area contributed by atoms with E-state index in [1.807, 2.05) is 21.7 Å². The minimum atomic E-state index is -0.464. The van der Waals surface area contributed by atoms with E-state index < -0.39 is 6.10 Å². The Hall–Kier alpha value is -1.63. The van der Waals surface area contributed by atoms with Gasteiger partial charge in [-0.25, -0.2) is 0 Å². The minimum Gasteiger partial charge on any atom is -0.459 e. The van der Waals surface area contributed by atoms with Gasteiger partial charge in [0.05, 0.1) is 12.4 Å². The fourth-order valence-electron chi connectivity index (χ4n) is 2.70. The molecule has 1 amide bonds. The molecule has 3 rings (SSSR count). The zero-order valence-electron chi connectivity index (χ0n) is 12.3. The lowest BCUT2D eigenvalue weighted by molar-refractivity contribution is 0.0666. The number of hydrogen-bond donors (Lipinski definition) is 2. The van der Waals surface area contributed by atoms with Crippen LogP contribution < -0.4 is 5.32 Å². The molecule has 6 heteroatoms. The maximum atomic E-state index is 12.2. The van der Waals surface area contributed by atoms with Crippen LogP contribution in [0.1, 0.15) is 35.1 Å². The van der Waals surface area contributed by atoms with Crippen LogP contribution in [0.4, 0.5) is 0 Å². The Kier molecular flexibility index (Phi) is 4.92. The summed E-state index contributed by atoms with van der Waals surface area (Å²) in [5, 5.41) is 17.4. The van der Waals surface area contributed by atoms with Crippen LogP contribution in [-0.4, -0.2) is 41.6 Å². The van der Waals surface area contributed by atoms with Crippen molar-refractivity contribution < 1.29 is 14.3 Å². The fourth-order valence-corrected chi connectivity index (χ4v) is 3.41. The first-order valence-corrected chi connectivity index (χ1v) is 8.44. The van der Waals surface area contributed by atoms with Crippen molar-refractivity contribution in [3.05, 3.63) is 46.5 Å². The van der Waals surface area contributed by atoms with Gasteiger partial charge in [0.2, 0.25) is 0 Å². The minimum absolute atomic E-state index is 0.0400. The number of carbonyl (C=O) groups is 1. The highest BCUT2D eigenvalue weighted by Crippen LogP contribution is 2.17. The highest BCUT2D eigenvalue weighted by atomic mass is 32.1. The van der Waals surface area contributed by atoms with E-state index in [4.69, 9.17) is 4.42 Å². The zero-order chi connectivity index (χ0) is 15.4. The van der Waals surface area contributed by atoms with E-state index in [0.29, 0.717) is 31.4 Å². The van der Waals surface area contributed by atoms with Crippen molar-refractivity contribution >= 4 is 17.2 Å². The van der Waals surface area contributed by atoms with Crippen molar-refractivity contribution in [1.82, 2.24) is 10.2 Å². The number of thiophene rings is 1. The first-order valence-electron chi connectivity index (χ1n) is 7.50. The highest BCUT2D eigenvalue weighted by molar-refractivity contribution is 7.07. The van der Waals surface area contributed by atoms with Gasteiger partial charge in [0.1, 0.15) is 0 Å². The van der Waals surface area contributed by atoms with Gasteiger partial charge in [0, 0.05) is 25.7 Å². The highest BCUT2D eigenvalue weighted by Gasteiger charge is 2.25. The third-order valence-electron chi connectivity index (χ3n) is 4.04. The number of nitrogens with one attached hydrogen (secondary N) is 1. The van der Waals surface area contributed by atoms with Gasteiger partial charge in [-0.2, -0.15) is 11.3 Å². The lowest BCUT2D eigenvalue weighted by Crippen LogP contribution is -2.45. The molecule has 0 aromatic carbocycles. The van der Waals surface area contributed by atoms with Crippen molar-refractivity contribution in [2.24, 2.45) is 0 Å². The molecule has 1 aliphatic rings. The van der Waals surface area contributed by atoms with E-state index in [-0.39, 0.29) is 5.91 Å². The summed E-state index contributed by atoms with van der Waals surface area (Å²) in [7, 11) is 0. The first-order chi connectivity index (χ1) is 10.7. The normalized spacial score (nSPS) is 17.6. The average molecular weight is 320 g/mol. The summed E-state index contributed by atoms with van der Waals surface area (Å²) in [5.41, 5.74) is 0.961. The largest absolute Gasteiger partial charge is 0.459 e. The van der Waals surface area contributed by atoms with Crippen LogP contribution in [0.5, 0.6) is 0 Å². The van der Waals surface area contributed by atoms with Crippen LogP contribution in [0.15, 0.2) is 39.6 Å². The van der Waals surface area contributed by atoms with Gasteiger partial charge >= 0.3 is 0 Å². The van der Waals surface area contributed by atoms with Crippen LogP contribution in [0.2, 0.25) is 0 Å². The molecular formula is C16H20N2O3S. The predicted octanol–water partition coefficient (Wildman–Crippen LogP) is 2.27. The predicted molar refractivity (Wildman–Crippen MR) is 84.9 cm³/mol. The molecule has 3 heterocycles. The molecule has 22 heavy (non-hydrogen) atoms. The number of rotatable bonds is 5. The van der Waals surface area contributed by atoms with Crippen LogP contribution in [-0.2, 0) is 0 Å². The van der Waals surface area contributed by atoms with Gasteiger partial charge in [0.25, 0.3) is 5.91 Å². The van der Waals surface area contributed by atoms with E-state index in [1.165, 1.54) is 6.26 Å².